The van der Waals surface area contributed by atoms with E-state index in [1.807, 2.05) is 23.6 Å². The fraction of sp³-hybridized carbons (Fsp3) is 0.0833. The van der Waals surface area contributed by atoms with Gasteiger partial charge in [0.05, 0.1) is 0 Å². The molecule has 82 valence electrons. The third-order valence-electron chi connectivity index (χ3n) is 2.17. The van der Waals surface area contributed by atoms with Crippen molar-refractivity contribution < 1.29 is 4.79 Å². The molecule has 0 aliphatic carbocycles. The van der Waals surface area contributed by atoms with Crippen LogP contribution in [0.4, 0.5) is 0 Å². The van der Waals surface area contributed by atoms with Crippen LogP contribution in [0.15, 0.2) is 46.0 Å². The summed E-state index contributed by atoms with van der Waals surface area (Å²) >= 11 is 3.39. The molecular formula is C12H11NOS2. The molecule has 2 rings (SSSR count). The standard InChI is InChI=1S/C12H11NOS2/c13-12(14)11-4-2-1-3-9(11)7-16-10-5-6-15-8-10/h1-6,8H,7H2,(H2,13,14). The van der Waals surface area contributed by atoms with Crippen molar-refractivity contribution in [1.29, 1.82) is 0 Å². The molecule has 1 amide bonds. The molecule has 0 unspecified atom stereocenters. The predicted octanol–water partition coefficient (Wildman–Crippen LogP) is 3.14. The van der Waals surface area contributed by atoms with Crippen molar-refractivity contribution in [3.63, 3.8) is 0 Å². The van der Waals surface area contributed by atoms with Crippen LogP contribution in [0.3, 0.4) is 0 Å². The number of amides is 1. The maximum Gasteiger partial charge on any atom is 0.249 e. The maximum absolute atomic E-state index is 11.2. The van der Waals surface area contributed by atoms with Gasteiger partial charge >= 0.3 is 0 Å². The minimum atomic E-state index is -0.360. The lowest BCUT2D eigenvalue weighted by molar-refractivity contribution is 0.0999. The first kappa shape index (κ1) is 11.2. The molecule has 0 saturated heterocycles. The number of rotatable bonds is 4. The predicted molar refractivity (Wildman–Crippen MR) is 68.8 cm³/mol. The van der Waals surface area contributed by atoms with Crippen LogP contribution in [0, 0.1) is 0 Å². The first-order valence-electron chi connectivity index (χ1n) is 4.80. The second-order valence-corrected chi connectivity index (χ2v) is 5.10. The molecule has 0 aliphatic rings. The zero-order valence-corrected chi connectivity index (χ0v) is 10.2. The monoisotopic (exact) mass is 249 g/mol. The Morgan fingerprint density at radius 2 is 2.12 bits per heavy atom. The van der Waals surface area contributed by atoms with E-state index in [0.717, 1.165) is 11.3 Å². The highest BCUT2D eigenvalue weighted by molar-refractivity contribution is 7.98. The van der Waals surface area contributed by atoms with E-state index in [-0.39, 0.29) is 5.91 Å². The Morgan fingerprint density at radius 3 is 2.81 bits per heavy atom. The number of hydrogen-bond acceptors (Lipinski definition) is 3. The highest BCUT2D eigenvalue weighted by Crippen LogP contribution is 2.25. The lowest BCUT2D eigenvalue weighted by Gasteiger charge is -2.04. The number of carbonyl (C=O) groups excluding carboxylic acids is 1. The average molecular weight is 249 g/mol. The Balaban J connectivity index is 2.12. The van der Waals surface area contributed by atoms with Gasteiger partial charge in [-0.25, -0.2) is 0 Å². The lowest BCUT2D eigenvalue weighted by Crippen LogP contribution is -2.13. The van der Waals surface area contributed by atoms with Crippen molar-refractivity contribution in [3.8, 4) is 0 Å². The highest BCUT2D eigenvalue weighted by Gasteiger charge is 2.07. The van der Waals surface area contributed by atoms with Crippen LogP contribution >= 0.6 is 23.1 Å². The molecule has 1 aromatic heterocycles. The zero-order valence-electron chi connectivity index (χ0n) is 8.55. The molecule has 2 aromatic rings. The smallest absolute Gasteiger partial charge is 0.249 e. The molecule has 2 nitrogen and oxygen atoms in total. The Hall–Kier alpha value is -1.26. The van der Waals surface area contributed by atoms with Crippen LogP contribution < -0.4 is 5.73 Å². The summed E-state index contributed by atoms with van der Waals surface area (Å²) in [6.07, 6.45) is 0. The van der Waals surface area contributed by atoms with Crippen LogP contribution in [-0.4, -0.2) is 5.91 Å². The fourth-order valence-corrected chi connectivity index (χ4v) is 3.16. The molecule has 4 heteroatoms. The van der Waals surface area contributed by atoms with E-state index < -0.39 is 0 Å². The molecule has 1 aromatic carbocycles. The average Bonchev–Trinajstić information content (AvgIpc) is 2.79. The number of benzene rings is 1. The van der Waals surface area contributed by atoms with E-state index in [9.17, 15) is 4.79 Å². The molecule has 0 aliphatic heterocycles. The number of primary amides is 1. The van der Waals surface area contributed by atoms with E-state index in [1.165, 1.54) is 4.90 Å². The van der Waals surface area contributed by atoms with Crippen LogP contribution in [-0.2, 0) is 5.75 Å². The molecule has 0 spiro atoms. The Kier molecular flexibility index (Phi) is 3.64. The SMILES string of the molecule is NC(=O)c1ccccc1CSc1ccsc1. The van der Waals surface area contributed by atoms with E-state index in [1.54, 1.807) is 29.2 Å². The van der Waals surface area contributed by atoms with Gasteiger partial charge in [0.1, 0.15) is 0 Å². The molecule has 0 radical (unpaired) electrons. The van der Waals surface area contributed by atoms with E-state index in [0.29, 0.717) is 5.56 Å². The summed E-state index contributed by atoms with van der Waals surface area (Å²) < 4.78 is 0. The van der Waals surface area contributed by atoms with E-state index >= 15 is 0 Å². The third kappa shape index (κ3) is 2.65. The summed E-state index contributed by atoms with van der Waals surface area (Å²) in [6, 6.07) is 9.54. The molecule has 16 heavy (non-hydrogen) atoms. The zero-order chi connectivity index (χ0) is 11.4. The Morgan fingerprint density at radius 1 is 1.31 bits per heavy atom. The van der Waals surface area contributed by atoms with Crippen LogP contribution in [0.5, 0.6) is 0 Å². The first-order chi connectivity index (χ1) is 7.77. The Labute approximate surface area is 102 Å². The van der Waals surface area contributed by atoms with Gasteiger partial charge in [-0.1, -0.05) is 18.2 Å². The van der Waals surface area contributed by atoms with Crippen molar-refractivity contribution in [2.24, 2.45) is 5.73 Å². The van der Waals surface area contributed by atoms with Gasteiger partial charge in [-0.15, -0.1) is 11.8 Å². The van der Waals surface area contributed by atoms with Gasteiger partial charge in [-0.2, -0.15) is 11.3 Å². The number of thioether (sulfide) groups is 1. The fourth-order valence-electron chi connectivity index (χ4n) is 1.38. The van der Waals surface area contributed by atoms with Crippen molar-refractivity contribution in [2.75, 3.05) is 0 Å². The topological polar surface area (TPSA) is 43.1 Å². The molecule has 2 N–H and O–H groups in total. The first-order valence-corrected chi connectivity index (χ1v) is 6.73. The quantitative estimate of drug-likeness (QED) is 0.846. The Bertz CT molecular complexity index is 480. The van der Waals surface area contributed by atoms with Crippen LogP contribution in [0.1, 0.15) is 15.9 Å². The van der Waals surface area contributed by atoms with Gasteiger partial charge in [0.25, 0.3) is 0 Å². The minimum absolute atomic E-state index is 0.360. The number of carbonyl (C=O) groups is 1. The van der Waals surface area contributed by atoms with Crippen LogP contribution in [0.25, 0.3) is 0 Å². The lowest BCUT2D eigenvalue weighted by atomic mass is 10.1. The number of hydrogen-bond donors (Lipinski definition) is 1. The van der Waals surface area contributed by atoms with Crippen molar-refractivity contribution >= 4 is 29.0 Å². The van der Waals surface area contributed by atoms with Gasteiger partial charge in [0.15, 0.2) is 0 Å². The summed E-state index contributed by atoms with van der Waals surface area (Å²) in [4.78, 5) is 12.4. The third-order valence-corrected chi connectivity index (χ3v) is 4.05. The molecule has 0 fully saturated rings. The van der Waals surface area contributed by atoms with Gasteiger partial charge in [0.2, 0.25) is 5.91 Å². The van der Waals surface area contributed by atoms with E-state index in [4.69, 9.17) is 5.73 Å². The highest BCUT2D eigenvalue weighted by atomic mass is 32.2. The summed E-state index contributed by atoms with van der Waals surface area (Å²) in [7, 11) is 0. The van der Waals surface area contributed by atoms with E-state index in [2.05, 4.69) is 11.4 Å². The van der Waals surface area contributed by atoms with Crippen molar-refractivity contribution in [3.05, 3.63) is 52.2 Å². The molecule has 1 heterocycles. The molecule has 0 saturated carbocycles. The molecule has 0 bridgehead atoms. The maximum atomic E-state index is 11.2. The summed E-state index contributed by atoms with van der Waals surface area (Å²) in [5.41, 5.74) is 6.93. The van der Waals surface area contributed by atoms with Gasteiger partial charge < -0.3 is 5.73 Å². The molecule has 0 atom stereocenters. The van der Waals surface area contributed by atoms with Gasteiger partial charge in [-0.3, -0.25) is 4.79 Å². The van der Waals surface area contributed by atoms with Gasteiger partial charge in [0, 0.05) is 21.6 Å². The van der Waals surface area contributed by atoms with Crippen molar-refractivity contribution in [1.82, 2.24) is 0 Å². The van der Waals surface area contributed by atoms with Crippen LogP contribution in [0.2, 0.25) is 0 Å². The number of nitrogens with two attached hydrogens (primary N) is 1. The summed E-state index contributed by atoms with van der Waals surface area (Å²) in [6.45, 7) is 0. The summed E-state index contributed by atoms with van der Waals surface area (Å²) in [5.74, 6) is 0.414. The molecular weight excluding hydrogens is 238 g/mol. The van der Waals surface area contributed by atoms with Crippen molar-refractivity contribution in [2.45, 2.75) is 10.6 Å². The summed E-state index contributed by atoms with van der Waals surface area (Å²) in [5, 5.41) is 4.14. The normalized spacial score (nSPS) is 10.2. The largest absolute Gasteiger partial charge is 0.366 e. The number of thiophene rings is 1. The second-order valence-electron chi connectivity index (χ2n) is 3.27. The second kappa shape index (κ2) is 5.18. The van der Waals surface area contributed by atoms with Gasteiger partial charge in [-0.05, 0) is 23.1 Å². The minimum Gasteiger partial charge on any atom is -0.366 e.